The second-order valence-electron chi connectivity index (χ2n) is 7.58. The summed E-state index contributed by atoms with van der Waals surface area (Å²) >= 11 is 0. The Morgan fingerprint density at radius 3 is 2.48 bits per heavy atom. The first-order valence-corrected chi connectivity index (χ1v) is 9.65. The van der Waals surface area contributed by atoms with Gasteiger partial charge >= 0.3 is 0 Å². The van der Waals surface area contributed by atoms with E-state index in [-0.39, 0.29) is 17.7 Å². The van der Waals surface area contributed by atoms with E-state index in [2.05, 4.69) is 33.0 Å². The van der Waals surface area contributed by atoms with Crippen molar-refractivity contribution in [2.24, 2.45) is 0 Å². The number of carbonyl (C=O) groups is 1. The number of methoxy groups -OCH3 is 1. The van der Waals surface area contributed by atoms with Crippen LogP contribution in [0.1, 0.15) is 41.5 Å². The molecule has 1 N–H and O–H groups in total. The first kappa shape index (κ1) is 17.6. The molecule has 0 saturated carbocycles. The first-order valence-electron chi connectivity index (χ1n) is 9.65. The van der Waals surface area contributed by atoms with Crippen molar-refractivity contribution in [3.63, 3.8) is 0 Å². The number of nitrogens with one attached hydrogen (secondary N) is 1. The second-order valence-corrected chi connectivity index (χ2v) is 7.58. The van der Waals surface area contributed by atoms with Gasteiger partial charge in [-0.1, -0.05) is 47.1 Å². The number of hydrogen-bond acceptors (Lipinski definition) is 6. The zero-order valence-corrected chi connectivity index (χ0v) is 16.3. The monoisotopic (exact) mass is 387 g/mol. The van der Waals surface area contributed by atoms with Gasteiger partial charge < -0.3 is 10.1 Å². The molecule has 7 nitrogen and oxygen atoms in total. The van der Waals surface area contributed by atoms with E-state index in [9.17, 15) is 4.79 Å². The average Bonchev–Trinajstić information content (AvgIpc) is 3.21. The topological polar surface area (TPSA) is 81.9 Å². The molecule has 0 amide bonds. The van der Waals surface area contributed by atoms with Crippen LogP contribution in [-0.4, -0.2) is 33.1 Å². The predicted molar refractivity (Wildman–Crippen MR) is 108 cm³/mol. The minimum Gasteiger partial charge on any atom is -0.497 e. The number of fused-ring (bicyclic) bond motifs is 1. The lowest BCUT2D eigenvalue weighted by molar-refractivity contribution is -0.116. The lowest BCUT2D eigenvalue weighted by atomic mass is 9.78. The van der Waals surface area contributed by atoms with Crippen LogP contribution in [-0.2, 0) is 4.79 Å². The van der Waals surface area contributed by atoms with Crippen molar-refractivity contribution < 1.29 is 9.53 Å². The number of rotatable bonds is 3. The van der Waals surface area contributed by atoms with E-state index in [1.54, 1.807) is 11.8 Å². The fourth-order valence-electron chi connectivity index (χ4n) is 4.24. The third-order valence-electron chi connectivity index (χ3n) is 5.76. The Hall–Kier alpha value is -3.48. The molecular formula is C22H21N5O2. The van der Waals surface area contributed by atoms with Crippen molar-refractivity contribution in [1.29, 1.82) is 0 Å². The number of benzene rings is 2. The summed E-state index contributed by atoms with van der Waals surface area (Å²) in [7, 11) is 1.65. The third kappa shape index (κ3) is 2.99. The maximum Gasteiger partial charge on any atom is 0.248 e. The highest BCUT2D eigenvalue weighted by atomic mass is 16.5. The second kappa shape index (κ2) is 6.84. The molecule has 1 aliphatic carbocycles. The Morgan fingerprint density at radius 1 is 1.03 bits per heavy atom. The molecule has 2 aliphatic rings. The molecule has 2 aromatic carbocycles. The average molecular weight is 387 g/mol. The summed E-state index contributed by atoms with van der Waals surface area (Å²) in [6, 6.07) is 15.8. The fraction of sp³-hybridized carbons (Fsp3) is 0.273. The number of ether oxygens (including phenoxy) is 1. The Labute approximate surface area is 168 Å². The SMILES string of the molecule is COc1ccc([C@@H]2CC(=O)C3=C(C2)Nc2nnnn2[C@@H]3c2ccc(C)cc2)cc1. The van der Waals surface area contributed by atoms with Gasteiger partial charge in [-0.15, -0.1) is 0 Å². The van der Waals surface area contributed by atoms with Gasteiger partial charge in [-0.2, -0.15) is 4.68 Å². The zero-order valence-electron chi connectivity index (χ0n) is 16.3. The number of allylic oxidation sites excluding steroid dienone is 2. The third-order valence-corrected chi connectivity index (χ3v) is 5.76. The highest BCUT2D eigenvalue weighted by molar-refractivity contribution is 6.00. The molecule has 0 radical (unpaired) electrons. The maximum absolute atomic E-state index is 13.3. The molecule has 146 valence electrons. The van der Waals surface area contributed by atoms with E-state index in [0.717, 1.165) is 34.6 Å². The molecule has 5 rings (SSSR count). The smallest absolute Gasteiger partial charge is 0.248 e. The van der Waals surface area contributed by atoms with Crippen LogP contribution in [0.25, 0.3) is 0 Å². The number of Topliss-reactive ketones (excluding diaryl/α,β-unsaturated/α-hetero) is 1. The number of aryl methyl sites for hydroxylation is 1. The van der Waals surface area contributed by atoms with Crippen molar-refractivity contribution in [1.82, 2.24) is 20.2 Å². The Bertz CT molecular complexity index is 1100. The molecule has 3 aromatic rings. The van der Waals surface area contributed by atoms with Crippen molar-refractivity contribution in [2.45, 2.75) is 31.7 Å². The van der Waals surface area contributed by atoms with E-state index in [4.69, 9.17) is 4.74 Å². The molecule has 0 fully saturated rings. The quantitative estimate of drug-likeness (QED) is 0.742. The first-order chi connectivity index (χ1) is 14.1. The summed E-state index contributed by atoms with van der Waals surface area (Å²) < 4.78 is 6.96. The molecule has 1 aliphatic heterocycles. The number of ketones is 1. The van der Waals surface area contributed by atoms with Gasteiger partial charge in [0.25, 0.3) is 0 Å². The van der Waals surface area contributed by atoms with Crippen molar-refractivity contribution in [2.75, 3.05) is 12.4 Å². The van der Waals surface area contributed by atoms with E-state index < -0.39 is 0 Å². The summed E-state index contributed by atoms with van der Waals surface area (Å²) in [4.78, 5) is 13.3. The van der Waals surface area contributed by atoms with Crippen LogP contribution in [0.2, 0.25) is 0 Å². The molecule has 0 spiro atoms. The van der Waals surface area contributed by atoms with Gasteiger partial charge in [0.05, 0.1) is 7.11 Å². The van der Waals surface area contributed by atoms with Gasteiger partial charge in [-0.3, -0.25) is 4.79 Å². The van der Waals surface area contributed by atoms with E-state index in [1.807, 2.05) is 43.3 Å². The molecule has 2 atom stereocenters. The van der Waals surface area contributed by atoms with Crippen molar-refractivity contribution in [3.8, 4) is 5.75 Å². The Balaban J connectivity index is 1.55. The summed E-state index contributed by atoms with van der Waals surface area (Å²) in [6.45, 7) is 2.05. The van der Waals surface area contributed by atoms with Gasteiger partial charge in [0.2, 0.25) is 5.95 Å². The Morgan fingerprint density at radius 2 is 1.76 bits per heavy atom. The van der Waals surface area contributed by atoms with Crippen LogP contribution < -0.4 is 10.1 Å². The number of tetrazole rings is 1. The van der Waals surface area contributed by atoms with Gasteiger partial charge in [0.1, 0.15) is 11.8 Å². The molecule has 2 heterocycles. The molecule has 7 heteroatoms. The fourth-order valence-corrected chi connectivity index (χ4v) is 4.24. The zero-order chi connectivity index (χ0) is 20.0. The summed E-state index contributed by atoms with van der Waals surface area (Å²) in [5, 5.41) is 15.4. The summed E-state index contributed by atoms with van der Waals surface area (Å²) in [5.74, 6) is 1.62. The predicted octanol–water partition coefficient (Wildman–Crippen LogP) is 3.41. The van der Waals surface area contributed by atoms with Crippen LogP contribution in [0.4, 0.5) is 5.95 Å². The number of carbonyl (C=O) groups excluding carboxylic acids is 1. The lowest BCUT2D eigenvalue weighted by Gasteiger charge is -2.34. The van der Waals surface area contributed by atoms with Crippen LogP contribution in [0, 0.1) is 6.92 Å². The van der Waals surface area contributed by atoms with Crippen LogP contribution >= 0.6 is 0 Å². The molecule has 29 heavy (non-hydrogen) atoms. The molecular weight excluding hydrogens is 366 g/mol. The highest BCUT2D eigenvalue weighted by Gasteiger charge is 2.39. The van der Waals surface area contributed by atoms with Gasteiger partial charge in [0, 0.05) is 17.7 Å². The maximum atomic E-state index is 13.3. The molecule has 1 aromatic heterocycles. The number of anilines is 1. The molecule has 0 unspecified atom stereocenters. The van der Waals surface area contributed by atoms with Crippen LogP contribution in [0.5, 0.6) is 5.75 Å². The minimum absolute atomic E-state index is 0.112. The molecule has 0 saturated heterocycles. The lowest BCUT2D eigenvalue weighted by Crippen LogP contribution is -2.33. The van der Waals surface area contributed by atoms with Crippen molar-refractivity contribution >= 4 is 11.7 Å². The summed E-state index contributed by atoms with van der Waals surface area (Å²) in [5.41, 5.74) is 4.98. The number of hydrogen-bond donors (Lipinski definition) is 1. The normalized spacial score (nSPS) is 20.7. The Kier molecular flexibility index (Phi) is 4.16. The van der Waals surface area contributed by atoms with Crippen molar-refractivity contribution in [3.05, 3.63) is 76.5 Å². The van der Waals surface area contributed by atoms with E-state index in [0.29, 0.717) is 12.4 Å². The molecule has 0 bridgehead atoms. The van der Waals surface area contributed by atoms with Crippen LogP contribution in [0.3, 0.4) is 0 Å². The van der Waals surface area contributed by atoms with Gasteiger partial charge in [0.15, 0.2) is 5.78 Å². The highest BCUT2D eigenvalue weighted by Crippen LogP contribution is 2.43. The largest absolute Gasteiger partial charge is 0.497 e. The summed E-state index contributed by atoms with van der Waals surface area (Å²) in [6.07, 6.45) is 1.20. The minimum atomic E-state index is -0.304. The van der Waals surface area contributed by atoms with Crippen LogP contribution in [0.15, 0.2) is 59.8 Å². The number of nitrogens with zero attached hydrogens (tertiary/aromatic N) is 4. The van der Waals surface area contributed by atoms with E-state index >= 15 is 0 Å². The van der Waals surface area contributed by atoms with Gasteiger partial charge in [-0.25, -0.2) is 0 Å². The standard InChI is InChI=1S/C22H21N5O2/c1-13-3-5-15(6-4-13)21-20-18(23-22-24-25-26-27(21)22)11-16(12-19(20)28)14-7-9-17(29-2)10-8-14/h3-10,16,21H,11-12H2,1-2H3,(H,23,24,26)/t16-,21+/m0/s1. The van der Waals surface area contributed by atoms with E-state index in [1.165, 1.54) is 5.56 Å². The number of aromatic nitrogens is 4. The van der Waals surface area contributed by atoms with Gasteiger partial charge in [-0.05, 0) is 52.9 Å².